The number of ether oxygens (including phenoxy) is 1. The number of carbonyl (C=O) groups is 1. The summed E-state index contributed by atoms with van der Waals surface area (Å²) in [5.74, 6) is 1.72. The van der Waals surface area contributed by atoms with Crippen LogP contribution in [0.5, 0.6) is 5.75 Å². The maximum atomic E-state index is 13.3. The predicted molar refractivity (Wildman–Crippen MR) is 172 cm³/mol. The van der Waals surface area contributed by atoms with E-state index in [2.05, 4.69) is 32.7 Å². The molecule has 0 radical (unpaired) electrons. The van der Waals surface area contributed by atoms with Gasteiger partial charge in [0.25, 0.3) is 12.1 Å². The van der Waals surface area contributed by atoms with Crippen LogP contribution in [0.4, 0.5) is 16.0 Å². The van der Waals surface area contributed by atoms with Gasteiger partial charge in [0, 0.05) is 31.7 Å². The minimum Gasteiger partial charge on any atom is -0.492 e. The maximum Gasteiger partial charge on any atom is 0.271 e. The molecule has 3 N–H and O–H groups in total. The molecule has 10 heteroatoms. The topological polar surface area (TPSA) is 103 Å². The number of fused-ring (bicyclic) bond motifs is 1. The fourth-order valence-electron chi connectivity index (χ4n) is 5.55. The number of ketones is 1. The second-order valence-corrected chi connectivity index (χ2v) is 11.4. The van der Waals surface area contributed by atoms with Crippen molar-refractivity contribution in [3.8, 4) is 16.9 Å². The Hall–Kier alpha value is -4.57. The lowest BCUT2D eigenvalue weighted by Gasteiger charge is -2.24. The smallest absolute Gasteiger partial charge is 0.271 e. The molecule has 1 aliphatic heterocycles. The summed E-state index contributed by atoms with van der Waals surface area (Å²) in [4.78, 5) is 24.1. The van der Waals surface area contributed by atoms with Gasteiger partial charge in [0.1, 0.15) is 36.2 Å². The van der Waals surface area contributed by atoms with Crippen molar-refractivity contribution in [2.75, 3.05) is 43.4 Å². The minimum atomic E-state index is -0.527. The quantitative estimate of drug-likeness (QED) is 0.0886. The number of aryl methyl sites for hydroxylation is 2. The van der Waals surface area contributed by atoms with E-state index in [1.807, 2.05) is 30.3 Å². The zero-order valence-electron chi connectivity index (χ0n) is 25.8. The van der Waals surface area contributed by atoms with E-state index in [0.717, 1.165) is 67.0 Å². The molecule has 0 bridgehead atoms. The number of aromatic nitrogens is 3. The second-order valence-electron chi connectivity index (χ2n) is 11.4. The molecule has 4 aromatic rings. The molecule has 0 unspecified atom stereocenters. The van der Waals surface area contributed by atoms with E-state index in [9.17, 15) is 14.4 Å². The van der Waals surface area contributed by atoms with Crippen LogP contribution in [0.25, 0.3) is 11.1 Å². The van der Waals surface area contributed by atoms with Crippen molar-refractivity contribution in [3.63, 3.8) is 0 Å². The molecule has 45 heavy (non-hydrogen) atoms. The Morgan fingerprint density at radius 2 is 1.91 bits per heavy atom. The summed E-state index contributed by atoms with van der Waals surface area (Å²) in [6.45, 7) is 5.08. The van der Waals surface area contributed by atoms with Crippen molar-refractivity contribution in [2.24, 2.45) is 0 Å². The summed E-state index contributed by atoms with van der Waals surface area (Å²) in [5, 5.41) is 17.3. The fourth-order valence-corrected chi connectivity index (χ4v) is 5.55. The highest BCUT2D eigenvalue weighted by Gasteiger charge is 2.25. The zero-order chi connectivity index (χ0) is 31.4. The molecule has 2 aromatic heterocycles. The van der Waals surface area contributed by atoms with E-state index in [1.165, 1.54) is 24.0 Å². The monoisotopic (exact) mass is 613 g/mol. The normalized spacial score (nSPS) is 13.1. The van der Waals surface area contributed by atoms with Crippen molar-refractivity contribution in [1.29, 1.82) is 0 Å². The summed E-state index contributed by atoms with van der Waals surface area (Å²) in [7, 11) is 0. The molecule has 236 valence electrons. The summed E-state index contributed by atoms with van der Waals surface area (Å²) in [6.07, 6.45) is 8.57. The SMILES string of the molecule is CC(=O)[C@H](CCN(CCCCc1ccc2c(n1)NCCC2)CCOc1ccc(F)cc1)Nc1c(-c2ccccc2)cnc[n+]1O. The molecular weight excluding hydrogens is 571 g/mol. The summed E-state index contributed by atoms with van der Waals surface area (Å²) < 4.78 is 20.2. The van der Waals surface area contributed by atoms with Crippen LogP contribution in [0.2, 0.25) is 0 Å². The fraction of sp³-hybridized carbons (Fsp3) is 0.371. The third-order valence-electron chi connectivity index (χ3n) is 8.08. The molecule has 5 rings (SSSR count). The Bertz CT molecular complexity index is 1540. The molecule has 0 aliphatic carbocycles. The highest BCUT2D eigenvalue weighted by molar-refractivity contribution is 5.85. The van der Waals surface area contributed by atoms with Gasteiger partial charge < -0.3 is 15.3 Å². The number of hydrogen-bond acceptors (Lipinski definition) is 8. The number of unbranched alkanes of at least 4 members (excludes halogenated alkanes) is 1. The Morgan fingerprint density at radius 1 is 1.09 bits per heavy atom. The van der Waals surface area contributed by atoms with Gasteiger partial charge >= 0.3 is 0 Å². The molecule has 3 heterocycles. The Labute approximate surface area is 264 Å². The minimum absolute atomic E-state index is 0.0274. The molecule has 9 nitrogen and oxygen atoms in total. The first-order chi connectivity index (χ1) is 22.0. The molecule has 1 aliphatic rings. The van der Waals surface area contributed by atoms with Gasteiger partial charge in [-0.05, 0) is 87.0 Å². The summed E-state index contributed by atoms with van der Waals surface area (Å²) in [5.41, 5.74) is 3.96. The van der Waals surface area contributed by atoms with Crippen LogP contribution >= 0.6 is 0 Å². The van der Waals surface area contributed by atoms with E-state index < -0.39 is 6.04 Å². The number of rotatable bonds is 16. The zero-order valence-corrected chi connectivity index (χ0v) is 25.8. The van der Waals surface area contributed by atoms with Gasteiger partial charge in [-0.15, -0.1) is 4.98 Å². The molecule has 2 aromatic carbocycles. The lowest BCUT2D eigenvalue weighted by atomic mass is 10.1. The van der Waals surface area contributed by atoms with Crippen molar-refractivity contribution < 1.29 is 23.9 Å². The third kappa shape index (κ3) is 9.21. The molecule has 1 atom stereocenters. The van der Waals surface area contributed by atoms with E-state index in [1.54, 1.807) is 25.3 Å². The largest absolute Gasteiger partial charge is 0.492 e. The Kier molecular flexibility index (Phi) is 11.3. The molecule has 0 spiro atoms. The van der Waals surface area contributed by atoms with Crippen molar-refractivity contribution in [1.82, 2.24) is 14.9 Å². The van der Waals surface area contributed by atoms with E-state index in [0.29, 0.717) is 43.2 Å². The van der Waals surface area contributed by atoms with Crippen LogP contribution in [-0.2, 0) is 17.6 Å². The Balaban J connectivity index is 1.21. The van der Waals surface area contributed by atoms with Gasteiger partial charge in [0.2, 0.25) is 0 Å². The Morgan fingerprint density at radius 3 is 2.71 bits per heavy atom. The van der Waals surface area contributed by atoms with Crippen LogP contribution < -0.4 is 20.1 Å². The highest BCUT2D eigenvalue weighted by Crippen LogP contribution is 2.25. The molecular formula is C35H42FN6O3+. The number of pyridine rings is 1. The predicted octanol–water partition coefficient (Wildman–Crippen LogP) is 5.33. The third-order valence-corrected chi connectivity index (χ3v) is 8.08. The van der Waals surface area contributed by atoms with Gasteiger partial charge in [-0.3, -0.25) is 15.0 Å². The van der Waals surface area contributed by atoms with Gasteiger partial charge in [-0.25, -0.2) is 9.37 Å². The van der Waals surface area contributed by atoms with Crippen molar-refractivity contribution in [2.45, 2.75) is 51.5 Å². The molecule has 0 saturated heterocycles. The number of carbonyl (C=O) groups excluding carboxylic acids is 1. The summed E-state index contributed by atoms with van der Waals surface area (Å²) in [6, 6.07) is 19.5. The van der Waals surface area contributed by atoms with E-state index in [4.69, 9.17) is 9.72 Å². The number of hydrogen-bond donors (Lipinski definition) is 3. The van der Waals surface area contributed by atoms with Crippen molar-refractivity contribution >= 4 is 17.4 Å². The average Bonchev–Trinajstić information content (AvgIpc) is 3.06. The number of benzene rings is 2. The standard InChI is InChI=1S/C35H41FN6O3/c1-26(43)33(40-35-32(24-37-25-42(35)44)27-8-3-2-4-9-27)18-21-41(22-23-45-31-16-13-29(36)14-17-31)20-6-5-11-30-15-12-28-10-7-19-38-34(28)39-30/h2-4,8-9,12-17,24-25,33,44H,5-7,10-11,18-23H2,1H3,(H,38,39)/p+1/t33-/m0/s1. The van der Waals surface area contributed by atoms with Crippen LogP contribution in [0.3, 0.4) is 0 Å². The number of nitrogens with zero attached hydrogens (tertiary/aromatic N) is 4. The van der Waals surface area contributed by atoms with E-state index in [-0.39, 0.29) is 11.6 Å². The van der Waals surface area contributed by atoms with E-state index >= 15 is 0 Å². The van der Waals surface area contributed by atoms with Crippen LogP contribution in [0.15, 0.2) is 79.3 Å². The van der Waals surface area contributed by atoms with Crippen LogP contribution in [0.1, 0.15) is 43.9 Å². The second kappa shape index (κ2) is 15.9. The van der Waals surface area contributed by atoms with Gasteiger partial charge in [0.05, 0.1) is 5.56 Å². The maximum absolute atomic E-state index is 13.3. The lowest BCUT2D eigenvalue weighted by molar-refractivity contribution is -0.895. The molecule has 0 fully saturated rings. The van der Waals surface area contributed by atoms with Gasteiger partial charge in [-0.1, -0.05) is 41.1 Å². The molecule has 0 amide bonds. The first kappa shape index (κ1) is 31.8. The highest BCUT2D eigenvalue weighted by atomic mass is 19.1. The summed E-state index contributed by atoms with van der Waals surface area (Å²) >= 11 is 0. The number of halogens is 1. The number of nitrogens with one attached hydrogen (secondary N) is 2. The first-order valence-corrected chi connectivity index (χ1v) is 15.7. The van der Waals surface area contributed by atoms with Crippen molar-refractivity contribution in [3.05, 3.63) is 96.3 Å². The van der Waals surface area contributed by atoms with Crippen LogP contribution in [-0.4, -0.2) is 64.7 Å². The van der Waals surface area contributed by atoms with Crippen LogP contribution in [0, 0.1) is 5.82 Å². The molecule has 0 saturated carbocycles. The average molecular weight is 614 g/mol. The lowest BCUT2D eigenvalue weighted by Crippen LogP contribution is -2.41. The first-order valence-electron chi connectivity index (χ1n) is 15.7. The number of Topliss-reactive ketones (excluding diaryl/α,β-unsaturated/α-hetero) is 1. The van der Waals surface area contributed by atoms with Gasteiger partial charge in [-0.2, -0.15) is 0 Å². The number of anilines is 2. The van der Waals surface area contributed by atoms with Gasteiger partial charge in [0.15, 0.2) is 5.78 Å².